The van der Waals surface area contributed by atoms with Crippen LogP contribution in [0.2, 0.25) is 5.02 Å². The molecule has 0 bridgehead atoms. The van der Waals surface area contributed by atoms with E-state index in [0.717, 1.165) is 37.7 Å². The lowest BCUT2D eigenvalue weighted by atomic mass is 10.0. The molecule has 2 amide bonds. The van der Waals surface area contributed by atoms with Gasteiger partial charge in [-0.3, -0.25) is 9.69 Å². The third kappa shape index (κ3) is 3.70. The van der Waals surface area contributed by atoms with Gasteiger partial charge in [0, 0.05) is 51.0 Å². The Morgan fingerprint density at radius 3 is 2.44 bits per heavy atom. The summed E-state index contributed by atoms with van der Waals surface area (Å²) in [6.07, 6.45) is 2.91. The molecule has 2 aliphatic rings. The molecule has 1 aromatic heterocycles. The lowest BCUT2D eigenvalue weighted by Crippen LogP contribution is -2.36. The number of likely N-dealkylation sites (tertiary alicyclic amines) is 2. The number of nitrogens with zero attached hydrogens (tertiary/aromatic N) is 4. The molecule has 2 fully saturated rings. The number of nitrogens with one attached hydrogen (secondary N) is 1. The molecule has 3 heterocycles. The van der Waals surface area contributed by atoms with Crippen LogP contribution < -0.4 is 5.32 Å². The number of amides is 2. The number of aromatic nitrogens is 2. The summed E-state index contributed by atoms with van der Waals surface area (Å²) < 4.78 is 1.26. The van der Waals surface area contributed by atoms with Gasteiger partial charge in [-0.15, -0.1) is 0 Å². The molecule has 2 aromatic rings. The van der Waals surface area contributed by atoms with E-state index in [0.29, 0.717) is 17.4 Å². The number of carbonyl (C=O) groups excluding carboxylic acids is 2. The fourth-order valence-electron chi connectivity index (χ4n) is 4.06. The van der Waals surface area contributed by atoms with E-state index in [2.05, 4.69) is 27.4 Å². The highest BCUT2D eigenvalue weighted by molar-refractivity contribution is 6.30. The number of fused-ring (bicyclic) bond motifs is 1. The van der Waals surface area contributed by atoms with E-state index in [1.54, 1.807) is 7.05 Å². The number of hydrogen-bond acceptors (Lipinski definition) is 4. The Morgan fingerprint density at radius 2 is 1.81 bits per heavy atom. The van der Waals surface area contributed by atoms with Crippen LogP contribution in [0.3, 0.4) is 0 Å². The van der Waals surface area contributed by atoms with Crippen molar-refractivity contribution >= 4 is 23.5 Å². The largest absolute Gasteiger partial charge is 0.355 e. The fourth-order valence-corrected chi connectivity index (χ4v) is 4.18. The molecule has 0 aliphatic carbocycles. The zero-order valence-corrected chi connectivity index (χ0v) is 15.9. The molecule has 1 N–H and O–H groups in total. The van der Waals surface area contributed by atoms with Gasteiger partial charge >= 0.3 is 6.03 Å². The number of rotatable bonds is 3. The standard InChI is InChI=1S/C19H22ClN5O2/c1-21-18(26)14-6-22-25(12-14)19(27)24-10-15-8-23(9-16(15)11-24)7-13-2-4-17(20)5-3-13/h2-6,12,15-16H,7-11H2,1H3,(H,21,26). The van der Waals surface area contributed by atoms with Crippen molar-refractivity contribution in [1.29, 1.82) is 0 Å². The van der Waals surface area contributed by atoms with E-state index in [9.17, 15) is 9.59 Å². The molecule has 27 heavy (non-hydrogen) atoms. The van der Waals surface area contributed by atoms with Gasteiger partial charge in [0.1, 0.15) is 0 Å². The van der Waals surface area contributed by atoms with Crippen molar-refractivity contribution in [2.24, 2.45) is 11.8 Å². The molecule has 2 saturated heterocycles. The maximum Gasteiger partial charge on any atom is 0.344 e. The van der Waals surface area contributed by atoms with Gasteiger partial charge in [0.25, 0.3) is 5.91 Å². The van der Waals surface area contributed by atoms with Gasteiger partial charge in [-0.05, 0) is 29.5 Å². The molecule has 142 valence electrons. The Morgan fingerprint density at radius 1 is 1.15 bits per heavy atom. The fraction of sp³-hybridized carbons (Fsp3) is 0.421. The van der Waals surface area contributed by atoms with Crippen molar-refractivity contribution in [3.8, 4) is 0 Å². The van der Waals surface area contributed by atoms with Gasteiger partial charge in [0.15, 0.2) is 0 Å². The van der Waals surface area contributed by atoms with E-state index in [1.807, 2.05) is 17.0 Å². The molecule has 0 spiro atoms. The van der Waals surface area contributed by atoms with Gasteiger partial charge in [-0.1, -0.05) is 23.7 Å². The Labute approximate surface area is 162 Å². The number of carbonyl (C=O) groups is 2. The summed E-state index contributed by atoms with van der Waals surface area (Å²) in [5.41, 5.74) is 1.64. The van der Waals surface area contributed by atoms with E-state index in [4.69, 9.17) is 11.6 Å². The molecule has 8 heteroatoms. The second-order valence-electron chi connectivity index (χ2n) is 7.28. The summed E-state index contributed by atoms with van der Waals surface area (Å²) in [6, 6.07) is 7.81. The molecule has 0 radical (unpaired) electrons. The lowest BCUT2D eigenvalue weighted by molar-refractivity contribution is 0.0963. The molecule has 2 aliphatic heterocycles. The van der Waals surface area contributed by atoms with Crippen molar-refractivity contribution in [1.82, 2.24) is 24.9 Å². The Kier molecular flexibility index (Phi) is 4.88. The number of halogens is 1. The molecule has 4 rings (SSSR count). The van der Waals surface area contributed by atoms with Crippen molar-refractivity contribution < 1.29 is 9.59 Å². The molecule has 2 unspecified atom stereocenters. The van der Waals surface area contributed by atoms with Crippen LogP contribution in [0, 0.1) is 11.8 Å². The van der Waals surface area contributed by atoms with E-state index < -0.39 is 0 Å². The molecule has 2 atom stereocenters. The van der Waals surface area contributed by atoms with E-state index in [1.165, 1.54) is 22.6 Å². The predicted octanol–water partition coefficient (Wildman–Crippen LogP) is 1.93. The van der Waals surface area contributed by atoms with Crippen molar-refractivity contribution in [2.75, 3.05) is 33.2 Å². The van der Waals surface area contributed by atoms with Crippen LogP contribution in [0.25, 0.3) is 0 Å². The van der Waals surface area contributed by atoms with Crippen LogP contribution >= 0.6 is 11.6 Å². The summed E-state index contributed by atoms with van der Waals surface area (Å²) >= 11 is 5.95. The lowest BCUT2D eigenvalue weighted by Gasteiger charge is -2.21. The number of benzene rings is 1. The van der Waals surface area contributed by atoms with Crippen LogP contribution in [-0.4, -0.2) is 64.7 Å². The van der Waals surface area contributed by atoms with Gasteiger partial charge in [0.2, 0.25) is 0 Å². The molecular weight excluding hydrogens is 366 g/mol. The van der Waals surface area contributed by atoms with Crippen molar-refractivity contribution in [3.05, 3.63) is 52.8 Å². The topological polar surface area (TPSA) is 70.5 Å². The van der Waals surface area contributed by atoms with Crippen LogP contribution in [-0.2, 0) is 6.54 Å². The van der Waals surface area contributed by atoms with Gasteiger partial charge < -0.3 is 10.2 Å². The monoisotopic (exact) mass is 387 g/mol. The highest BCUT2D eigenvalue weighted by Gasteiger charge is 2.41. The first kappa shape index (κ1) is 18.0. The van der Waals surface area contributed by atoms with Gasteiger partial charge in [-0.25, -0.2) is 4.79 Å². The Balaban J connectivity index is 1.34. The summed E-state index contributed by atoms with van der Waals surface area (Å²) in [5.74, 6) is 0.718. The predicted molar refractivity (Wildman–Crippen MR) is 102 cm³/mol. The van der Waals surface area contributed by atoms with Crippen molar-refractivity contribution in [2.45, 2.75) is 6.54 Å². The van der Waals surface area contributed by atoms with Gasteiger partial charge in [0.05, 0.1) is 11.8 Å². The smallest absolute Gasteiger partial charge is 0.344 e. The third-order valence-electron chi connectivity index (χ3n) is 5.42. The third-order valence-corrected chi connectivity index (χ3v) is 5.67. The SMILES string of the molecule is CNC(=O)c1cnn(C(=O)N2CC3CN(Cc4ccc(Cl)cc4)CC3C2)c1. The Bertz CT molecular complexity index is 836. The highest BCUT2D eigenvalue weighted by Crippen LogP contribution is 2.32. The minimum Gasteiger partial charge on any atom is -0.355 e. The first-order valence-corrected chi connectivity index (χ1v) is 9.44. The maximum absolute atomic E-state index is 12.7. The quantitative estimate of drug-likeness (QED) is 0.873. The highest BCUT2D eigenvalue weighted by atomic mass is 35.5. The molecule has 7 nitrogen and oxygen atoms in total. The number of hydrogen-bond donors (Lipinski definition) is 1. The molecule has 1 aromatic carbocycles. The summed E-state index contributed by atoms with van der Waals surface area (Å²) in [7, 11) is 1.55. The Hall–Kier alpha value is -2.38. The van der Waals surface area contributed by atoms with E-state index in [-0.39, 0.29) is 11.9 Å². The minimum absolute atomic E-state index is 0.163. The van der Waals surface area contributed by atoms with Crippen molar-refractivity contribution in [3.63, 3.8) is 0 Å². The second kappa shape index (κ2) is 7.32. The minimum atomic E-state index is -0.245. The first-order valence-electron chi connectivity index (χ1n) is 9.06. The first-order chi connectivity index (χ1) is 13.0. The normalized spacial score (nSPS) is 22.1. The zero-order chi connectivity index (χ0) is 19.0. The average Bonchev–Trinajstić information content (AvgIpc) is 3.37. The average molecular weight is 388 g/mol. The summed E-state index contributed by atoms with van der Waals surface area (Å²) in [6.45, 7) is 4.34. The summed E-state index contributed by atoms with van der Waals surface area (Å²) in [4.78, 5) is 28.6. The van der Waals surface area contributed by atoms with Crippen LogP contribution in [0.4, 0.5) is 4.79 Å². The second-order valence-corrected chi connectivity index (χ2v) is 7.72. The zero-order valence-electron chi connectivity index (χ0n) is 15.1. The van der Waals surface area contributed by atoms with Crippen LogP contribution in [0.15, 0.2) is 36.7 Å². The molecule has 0 saturated carbocycles. The maximum atomic E-state index is 12.7. The molecular formula is C19H22ClN5O2. The van der Waals surface area contributed by atoms with Crippen LogP contribution in [0.5, 0.6) is 0 Å². The van der Waals surface area contributed by atoms with E-state index >= 15 is 0 Å². The van der Waals surface area contributed by atoms with Gasteiger partial charge in [-0.2, -0.15) is 9.78 Å². The van der Waals surface area contributed by atoms with Crippen LogP contribution in [0.1, 0.15) is 15.9 Å². The summed E-state index contributed by atoms with van der Waals surface area (Å²) in [5, 5.41) is 7.33.